The molecule has 0 saturated heterocycles. The fraction of sp³-hybridized carbons (Fsp3) is 0.364. The number of hydrogen-bond donors (Lipinski definition) is 0. The predicted octanol–water partition coefficient (Wildman–Crippen LogP) is 4.80. The normalized spacial score (nSPS) is 14.8. The van der Waals surface area contributed by atoms with Crippen LogP contribution >= 0.6 is 0 Å². The maximum absolute atomic E-state index is 12.8. The Kier molecular flexibility index (Phi) is 5.41. The summed E-state index contributed by atoms with van der Waals surface area (Å²) < 4.78 is 40.4. The molecule has 7 heteroatoms. The zero-order chi connectivity index (χ0) is 20.4. The fourth-order valence-electron chi connectivity index (χ4n) is 3.73. The average molecular weight is 400 g/mol. The molecule has 0 atom stereocenters. The number of nitrogens with zero attached hydrogens (tertiary/aromatic N) is 4. The lowest BCUT2D eigenvalue weighted by Crippen LogP contribution is -2.31. The molecule has 3 aromatic rings. The van der Waals surface area contributed by atoms with Gasteiger partial charge in [0, 0.05) is 67.5 Å². The summed E-state index contributed by atoms with van der Waals surface area (Å²) in [4.78, 5) is 11.5. The Morgan fingerprint density at radius 2 is 1.90 bits per heavy atom. The summed E-state index contributed by atoms with van der Waals surface area (Å²) in [5, 5.41) is 0. The molecule has 0 N–H and O–H groups in total. The van der Waals surface area contributed by atoms with Gasteiger partial charge in [0.05, 0.1) is 5.56 Å². The Morgan fingerprint density at radius 3 is 2.62 bits per heavy atom. The maximum Gasteiger partial charge on any atom is 0.416 e. The van der Waals surface area contributed by atoms with Gasteiger partial charge in [-0.3, -0.25) is 4.90 Å². The van der Waals surface area contributed by atoms with Gasteiger partial charge in [-0.25, -0.2) is 9.97 Å². The van der Waals surface area contributed by atoms with Crippen molar-refractivity contribution in [2.75, 3.05) is 6.54 Å². The molecule has 3 heterocycles. The number of alkyl halides is 3. The first-order valence-corrected chi connectivity index (χ1v) is 9.84. The van der Waals surface area contributed by atoms with Gasteiger partial charge >= 0.3 is 6.18 Å². The smallest absolute Gasteiger partial charge is 0.320 e. The van der Waals surface area contributed by atoms with Gasteiger partial charge in [0.1, 0.15) is 5.82 Å². The van der Waals surface area contributed by atoms with Crippen molar-refractivity contribution >= 4 is 0 Å². The minimum atomic E-state index is -4.32. The second-order valence-electron chi connectivity index (χ2n) is 7.38. The van der Waals surface area contributed by atoms with Crippen LogP contribution in [0.4, 0.5) is 13.2 Å². The molecule has 0 spiro atoms. The highest BCUT2D eigenvalue weighted by Crippen LogP contribution is 2.30. The summed E-state index contributed by atoms with van der Waals surface area (Å²) in [6, 6.07) is 9.21. The predicted molar refractivity (Wildman–Crippen MR) is 105 cm³/mol. The Labute approximate surface area is 168 Å². The van der Waals surface area contributed by atoms with Crippen LogP contribution in [0, 0.1) is 0 Å². The monoisotopic (exact) mass is 400 g/mol. The van der Waals surface area contributed by atoms with E-state index in [1.54, 1.807) is 0 Å². The number of benzene rings is 1. The lowest BCUT2D eigenvalue weighted by atomic mass is 10.1. The van der Waals surface area contributed by atoms with E-state index in [0.29, 0.717) is 6.54 Å². The lowest BCUT2D eigenvalue weighted by molar-refractivity contribution is -0.137. The zero-order valence-electron chi connectivity index (χ0n) is 16.3. The summed E-state index contributed by atoms with van der Waals surface area (Å²) >= 11 is 0. The topological polar surface area (TPSA) is 34.0 Å². The van der Waals surface area contributed by atoms with Crippen LogP contribution in [0.1, 0.15) is 41.7 Å². The van der Waals surface area contributed by atoms with Crippen LogP contribution < -0.4 is 0 Å². The van der Waals surface area contributed by atoms with E-state index < -0.39 is 11.7 Å². The second kappa shape index (κ2) is 7.99. The number of aromatic nitrogens is 3. The first-order valence-electron chi connectivity index (χ1n) is 9.84. The van der Waals surface area contributed by atoms with Gasteiger partial charge < -0.3 is 4.57 Å². The molecule has 1 aromatic carbocycles. The first kappa shape index (κ1) is 19.6. The standard InChI is InChI=1S/C22H23F3N4/c1-2-4-21-26-13-16-14-28(12-10-20(16)27-21)15-19-5-3-11-29(19)18-8-6-17(7-9-18)22(23,24)25/h3,5-9,11,13H,2,4,10,12,14-15H2,1H3. The molecule has 0 aliphatic carbocycles. The number of fused-ring (bicyclic) bond motifs is 1. The van der Waals surface area contributed by atoms with Crippen molar-refractivity contribution in [1.29, 1.82) is 0 Å². The molecule has 0 amide bonds. The number of rotatable bonds is 5. The Morgan fingerprint density at radius 1 is 1.10 bits per heavy atom. The van der Waals surface area contributed by atoms with E-state index in [4.69, 9.17) is 4.98 Å². The van der Waals surface area contributed by atoms with Crippen LogP contribution in [0.5, 0.6) is 0 Å². The van der Waals surface area contributed by atoms with Crippen molar-refractivity contribution in [3.8, 4) is 5.69 Å². The molecule has 4 rings (SSSR count). The van der Waals surface area contributed by atoms with Gasteiger partial charge in [-0.1, -0.05) is 6.92 Å². The van der Waals surface area contributed by atoms with E-state index in [9.17, 15) is 13.2 Å². The highest BCUT2D eigenvalue weighted by atomic mass is 19.4. The molecule has 0 fully saturated rings. The highest BCUT2D eigenvalue weighted by Gasteiger charge is 2.30. The SMILES string of the molecule is CCCc1ncc2c(n1)CCN(Cc1cccn1-c1ccc(C(F)(F)F)cc1)C2. The molecule has 152 valence electrons. The van der Waals surface area contributed by atoms with Gasteiger partial charge in [-0.2, -0.15) is 13.2 Å². The molecule has 0 unspecified atom stereocenters. The third-order valence-corrected chi connectivity index (χ3v) is 5.23. The van der Waals surface area contributed by atoms with E-state index in [-0.39, 0.29) is 0 Å². The Hall–Kier alpha value is -2.67. The van der Waals surface area contributed by atoms with Crippen LogP contribution in [0.25, 0.3) is 5.69 Å². The van der Waals surface area contributed by atoms with Crippen molar-refractivity contribution in [2.45, 2.75) is 45.5 Å². The lowest BCUT2D eigenvalue weighted by Gasteiger charge is -2.28. The number of hydrogen-bond acceptors (Lipinski definition) is 3. The Balaban J connectivity index is 1.48. The summed E-state index contributed by atoms with van der Waals surface area (Å²) in [6.45, 7) is 4.51. The molecule has 2 aromatic heterocycles. The molecule has 0 saturated carbocycles. The number of halogens is 3. The van der Waals surface area contributed by atoms with Gasteiger partial charge in [-0.15, -0.1) is 0 Å². The molecule has 0 bridgehead atoms. The fourth-order valence-corrected chi connectivity index (χ4v) is 3.73. The van der Waals surface area contributed by atoms with Crippen LogP contribution in [-0.4, -0.2) is 26.0 Å². The molecular weight excluding hydrogens is 377 g/mol. The largest absolute Gasteiger partial charge is 0.416 e. The van der Waals surface area contributed by atoms with E-state index >= 15 is 0 Å². The third-order valence-electron chi connectivity index (χ3n) is 5.23. The van der Waals surface area contributed by atoms with E-state index in [1.165, 1.54) is 12.1 Å². The van der Waals surface area contributed by atoms with E-state index in [2.05, 4.69) is 16.8 Å². The molecule has 1 aliphatic heterocycles. The number of aryl methyl sites for hydroxylation is 1. The van der Waals surface area contributed by atoms with E-state index in [0.717, 1.165) is 72.9 Å². The van der Waals surface area contributed by atoms with Gasteiger partial charge in [0.25, 0.3) is 0 Å². The van der Waals surface area contributed by atoms with Crippen molar-refractivity contribution in [3.63, 3.8) is 0 Å². The highest BCUT2D eigenvalue weighted by molar-refractivity contribution is 5.38. The van der Waals surface area contributed by atoms with Crippen LogP contribution in [0.2, 0.25) is 0 Å². The summed E-state index contributed by atoms with van der Waals surface area (Å²) in [7, 11) is 0. The van der Waals surface area contributed by atoms with Crippen LogP contribution in [-0.2, 0) is 32.1 Å². The van der Waals surface area contributed by atoms with Crippen LogP contribution in [0.15, 0.2) is 48.8 Å². The summed E-state index contributed by atoms with van der Waals surface area (Å²) in [6.07, 6.45) is 2.32. The molecule has 4 nitrogen and oxygen atoms in total. The van der Waals surface area contributed by atoms with E-state index in [1.807, 2.05) is 29.1 Å². The first-order chi connectivity index (χ1) is 13.9. The van der Waals surface area contributed by atoms with Crippen LogP contribution in [0.3, 0.4) is 0 Å². The molecule has 0 radical (unpaired) electrons. The Bertz CT molecular complexity index is 976. The molecule has 1 aliphatic rings. The molecule has 29 heavy (non-hydrogen) atoms. The maximum atomic E-state index is 12.8. The molecular formula is C22H23F3N4. The summed E-state index contributed by atoms with van der Waals surface area (Å²) in [5.41, 5.74) is 3.42. The third kappa shape index (κ3) is 4.34. The van der Waals surface area contributed by atoms with Gasteiger partial charge in [-0.05, 0) is 42.8 Å². The minimum Gasteiger partial charge on any atom is -0.320 e. The van der Waals surface area contributed by atoms with Crippen molar-refractivity contribution in [3.05, 3.63) is 77.1 Å². The van der Waals surface area contributed by atoms with Crippen molar-refractivity contribution in [1.82, 2.24) is 19.4 Å². The van der Waals surface area contributed by atoms with Gasteiger partial charge in [0.2, 0.25) is 0 Å². The quantitative estimate of drug-likeness (QED) is 0.617. The average Bonchev–Trinajstić information content (AvgIpc) is 3.16. The zero-order valence-corrected chi connectivity index (χ0v) is 16.3. The van der Waals surface area contributed by atoms with Gasteiger partial charge in [0.15, 0.2) is 0 Å². The summed E-state index contributed by atoms with van der Waals surface area (Å²) in [5.74, 6) is 0.913. The van der Waals surface area contributed by atoms with Crippen molar-refractivity contribution < 1.29 is 13.2 Å². The minimum absolute atomic E-state index is 0.634. The second-order valence-corrected chi connectivity index (χ2v) is 7.38. The van der Waals surface area contributed by atoms with Crippen molar-refractivity contribution in [2.24, 2.45) is 0 Å².